The fraction of sp³-hybridized carbons (Fsp3) is 0.304. The number of likely N-dealkylation sites (tertiary alicyclic amines) is 2. The zero-order valence-corrected chi connectivity index (χ0v) is 45.0. The van der Waals surface area contributed by atoms with Crippen molar-refractivity contribution in [3.63, 3.8) is 0 Å². The first kappa shape index (κ1) is 62.8. The molecule has 0 atom stereocenters. The molecular formula is C56H49Cl2F13N8O4. The molecular weight excluding hydrogens is 1170 g/mol. The number of aromatic nitrogens is 2. The summed E-state index contributed by atoms with van der Waals surface area (Å²) in [6.07, 6.45) is -8.62. The maximum atomic E-state index is 15.2. The van der Waals surface area contributed by atoms with E-state index in [9.17, 15) is 62.7 Å². The van der Waals surface area contributed by atoms with Gasteiger partial charge in [0.25, 0.3) is 0 Å². The van der Waals surface area contributed by atoms with Gasteiger partial charge >= 0.3 is 36.8 Å². The molecule has 9 rings (SSSR count). The first-order chi connectivity index (χ1) is 39.0. The highest BCUT2D eigenvalue weighted by Gasteiger charge is 2.42. The number of hydrogen-bond donors (Lipinski definition) is 3. The lowest BCUT2D eigenvalue weighted by atomic mass is 9.86. The van der Waals surface area contributed by atoms with Crippen LogP contribution in [0.4, 0.5) is 88.5 Å². The van der Waals surface area contributed by atoms with E-state index < -0.39 is 70.6 Å². The van der Waals surface area contributed by atoms with Gasteiger partial charge in [-0.2, -0.15) is 26.3 Å². The van der Waals surface area contributed by atoms with E-state index in [0.717, 1.165) is 35.9 Å². The molecule has 2 fully saturated rings. The fourth-order valence-electron chi connectivity index (χ4n) is 9.10. The molecule has 4 aromatic carbocycles. The standard InChI is InChI=1S/C19H17ClF3N3O.C19H16F6N2O.C18H16ClF4N3O2/c1-12-11-14(4-5-15(12)19(21,22)23)25-18(27)26-9-6-13(7-10-26)17-16(20)3-2-8-24-17;20-15-4-2-1-3-13(15)18(22)7-9-27(10-8-18)17(28)26-12-5-6-14(16(21)11-12)19(23,24)25;19-14-2-1-9-24-15(14)17(20)7-10-26(11-8-17)16(27)25-12-3-5-13(6-4-12)28-18(21,22)23/h2-6,8,11H,7,9-10H2,1H3,(H,25,27);1-6,11H,7-10H2,(H,26,28);1-6,9H,7-8,10-11H2,(H,25,27). The Morgan fingerprint density at radius 1 is 0.566 bits per heavy atom. The molecule has 442 valence electrons. The summed E-state index contributed by atoms with van der Waals surface area (Å²) in [7, 11) is 0. The second kappa shape index (κ2) is 26.2. The maximum absolute atomic E-state index is 15.2. The van der Waals surface area contributed by atoms with E-state index in [-0.39, 0.29) is 85.4 Å². The number of nitrogens with one attached hydrogen (secondary N) is 3. The number of alkyl halides is 11. The Kier molecular flexibility index (Phi) is 19.8. The molecule has 3 aliphatic rings. The number of aryl methyl sites for hydroxylation is 1. The number of amides is 6. The van der Waals surface area contributed by atoms with Crippen LogP contribution in [-0.4, -0.2) is 88.4 Å². The van der Waals surface area contributed by atoms with Crippen molar-refractivity contribution in [3.8, 4) is 5.75 Å². The summed E-state index contributed by atoms with van der Waals surface area (Å²) in [5.74, 6) is -2.56. The topological polar surface area (TPSA) is 132 Å². The van der Waals surface area contributed by atoms with E-state index in [1.165, 1.54) is 65.4 Å². The average Bonchev–Trinajstić information content (AvgIpc) is 3.49. The van der Waals surface area contributed by atoms with Crippen molar-refractivity contribution in [3.05, 3.63) is 183 Å². The molecule has 5 heterocycles. The van der Waals surface area contributed by atoms with E-state index in [0.29, 0.717) is 53.7 Å². The monoisotopic (exact) mass is 1210 g/mol. The molecule has 27 heteroatoms. The molecule has 0 unspecified atom stereocenters. The van der Waals surface area contributed by atoms with E-state index >= 15 is 8.78 Å². The van der Waals surface area contributed by atoms with Crippen LogP contribution in [0.1, 0.15) is 65.7 Å². The minimum Gasteiger partial charge on any atom is -0.406 e. The highest BCUT2D eigenvalue weighted by atomic mass is 35.5. The van der Waals surface area contributed by atoms with Crippen LogP contribution < -0.4 is 20.7 Å². The van der Waals surface area contributed by atoms with Crippen LogP contribution in [-0.2, 0) is 23.7 Å². The lowest BCUT2D eigenvalue weighted by Crippen LogP contribution is -2.45. The second-order valence-electron chi connectivity index (χ2n) is 19.1. The van der Waals surface area contributed by atoms with Gasteiger partial charge in [-0.3, -0.25) is 9.97 Å². The molecule has 2 saturated heterocycles. The van der Waals surface area contributed by atoms with Gasteiger partial charge < -0.3 is 35.4 Å². The molecule has 12 nitrogen and oxygen atoms in total. The minimum atomic E-state index is -4.84. The van der Waals surface area contributed by atoms with Crippen molar-refractivity contribution in [2.75, 3.05) is 55.2 Å². The van der Waals surface area contributed by atoms with Crippen molar-refractivity contribution < 1.29 is 76.2 Å². The average molecular weight is 1220 g/mol. The number of rotatable bonds is 7. The van der Waals surface area contributed by atoms with Crippen LogP contribution in [0, 0.1) is 18.6 Å². The SMILES string of the molecule is Cc1cc(NC(=O)N2CC=C(c3ncccc3Cl)CC2)ccc1C(F)(F)F.O=C(Nc1ccc(C(F)(F)F)c(F)c1)N1CCC(F)(c2ccccc2F)CC1.O=C(Nc1ccc(OC(F)(F)F)cc1)N1CCC(F)(c2ncccc2Cl)CC1. The van der Waals surface area contributed by atoms with Gasteiger partial charge in [0.1, 0.15) is 23.1 Å². The highest BCUT2D eigenvalue weighted by molar-refractivity contribution is 6.32. The Labute approximate surface area is 476 Å². The van der Waals surface area contributed by atoms with Gasteiger partial charge in [-0.05, 0) is 115 Å². The maximum Gasteiger partial charge on any atom is 0.573 e. The third kappa shape index (κ3) is 16.7. The number of carbonyl (C=O) groups is 3. The van der Waals surface area contributed by atoms with Crippen LogP contribution in [0.2, 0.25) is 10.0 Å². The molecule has 6 aromatic rings. The van der Waals surface area contributed by atoms with Gasteiger partial charge in [-0.25, -0.2) is 31.9 Å². The second-order valence-corrected chi connectivity index (χ2v) is 19.9. The summed E-state index contributed by atoms with van der Waals surface area (Å²) in [6, 6.07) is 21.0. The largest absolute Gasteiger partial charge is 0.573 e. The smallest absolute Gasteiger partial charge is 0.406 e. The van der Waals surface area contributed by atoms with Crippen molar-refractivity contribution in [2.45, 2.75) is 69.1 Å². The number of halogens is 15. The zero-order chi connectivity index (χ0) is 60.5. The van der Waals surface area contributed by atoms with Crippen molar-refractivity contribution in [1.29, 1.82) is 0 Å². The normalized spacial score (nSPS) is 16.0. The predicted molar refractivity (Wildman–Crippen MR) is 284 cm³/mol. The van der Waals surface area contributed by atoms with Gasteiger partial charge in [0.05, 0.1) is 32.6 Å². The molecule has 3 N–H and O–H groups in total. The van der Waals surface area contributed by atoms with E-state index in [2.05, 4.69) is 30.7 Å². The number of hydrogen-bond acceptors (Lipinski definition) is 6. The summed E-state index contributed by atoms with van der Waals surface area (Å²) in [6.45, 7) is 2.43. The molecule has 6 amide bonds. The molecule has 83 heavy (non-hydrogen) atoms. The number of pyridine rings is 2. The Bertz CT molecular complexity index is 3300. The van der Waals surface area contributed by atoms with E-state index in [1.807, 2.05) is 6.08 Å². The summed E-state index contributed by atoms with van der Waals surface area (Å²) in [5, 5.41) is 8.30. The summed E-state index contributed by atoms with van der Waals surface area (Å²) in [5.41, 5.74) is -3.47. The van der Waals surface area contributed by atoms with Crippen molar-refractivity contribution in [2.24, 2.45) is 0 Å². The number of carbonyl (C=O) groups excluding carboxylic acids is 3. The molecule has 0 saturated carbocycles. The molecule has 0 radical (unpaired) electrons. The summed E-state index contributed by atoms with van der Waals surface area (Å²) >= 11 is 12.2. The first-order valence-electron chi connectivity index (χ1n) is 25.1. The van der Waals surface area contributed by atoms with Crippen LogP contribution in [0.5, 0.6) is 5.75 Å². The fourth-order valence-corrected chi connectivity index (χ4v) is 9.63. The number of nitrogens with zero attached hydrogens (tertiary/aromatic N) is 5. The van der Waals surface area contributed by atoms with Gasteiger partial charge in [0.2, 0.25) is 0 Å². The molecule has 0 spiro atoms. The Morgan fingerprint density at radius 3 is 1.58 bits per heavy atom. The Morgan fingerprint density at radius 2 is 1.07 bits per heavy atom. The van der Waals surface area contributed by atoms with Crippen LogP contribution in [0.3, 0.4) is 0 Å². The Hall–Kier alpha value is -7.80. The van der Waals surface area contributed by atoms with Crippen LogP contribution >= 0.6 is 23.2 Å². The first-order valence-corrected chi connectivity index (χ1v) is 25.9. The van der Waals surface area contributed by atoms with Gasteiger partial charge in [0, 0.05) is 100.0 Å². The number of anilines is 3. The number of urea groups is 3. The number of ether oxygens (including phenoxy) is 1. The van der Waals surface area contributed by atoms with Crippen LogP contribution in [0.25, 0.3) is 5.57 Å². The molecule has 3 aliphatic heterocycles. The quantitative estimate of drug-likeness (QED) is 0.136. The Balaban J connectivity index is 0.000000179. The van der Waals surface area contributed by atoms with Gasteiger partial charge in [-0.1, -0.05) is 47.5 Å². The van der Waals surface area contributed by atoms with Crippen molar-refractivity contribution >= 4 is 63.9 Å². The molecule has 0 aliphatic carbocycles. The number of benzene rings is 4. The van der Waals surface area contributed by atoms with Gasteiger partial charge in [-0.15, -0.1) is 13.2 Å². The van der Waals surface area contributed by atoms with Crippen molar-refractivity contribution in [1.82, 2.24) is 24.7 Å². The molecule has 2 aromatic heterocycles. The summed E-state index contributed by atoms with van der Waals surface area (Å²) in [4.78, 5) is 49.5. The number of piperidine rings is 2. The third-order valence-electron chi connectivity index (χ3n) is 13.4. The minimum absolute atomic E-state index is 0.0280. The lowest BCUT2D eigenvalue weighted by molar-refractivity contribution is -0.274. The summed E-state index contributed by atoms with van der Waals surface area (Å²) < 4.78 is 174. The predicted octanol–water partition coefficient (Wildman–Crippen LogP) is 16.0. The van der Waals surface area contributed by atoms with Crippen LogP contribution in [0.15, 0.2) is 128 Å². The zero-order valence-electron chi connectivity index (χ0n) is 43.4. The van der Waals surface area contributed by atoms with Gasteiger partial charge in [0.15, 0.2) is 5.67 Å². The van der Waals surface area contributed by atoms with E-state index in [1.54, 1.807) is 35.4 Å². The molecule has 0 bridgehead atoms. The highest BCUT2D eigenvalue weighted by Crippen LogP contribution is 2.41. The van der Waals surface area contributed by atoms with E-state index in [4.69, 9.17) is 23.2 Å². The third-order valence-corrected chi connectivity index (χ3v) is 14.0. The lowest BCUT2D eigenvalue weighted by Gasteiger charge is -2.36.